The van der Waals surface area contributed by atoms with Gasteiger partial charge in [-0.1, -0.05) is 18.2 Å². The standard InChI is InChI=1S/C18H27N3O2S/c1-20(2)18(23)16-10-6-12-21(16)13-7-11-19-17(22)14-24-15-8-4-3-5-9-15/h3-5,8-9,16H,6-7,10-14H2,1-2H3,(H,19,22)/t16-/m1/s1. The fourth-order valence-corrected chi connectivity index (χ4v) is 3.65. The highest BCUT2D eigenvalue weighted by molar-refractivity contribution is 8.00. The number of nitrogens with one attached hydrogen (secondary N) is 1. The highest BCUT2D eigenvalue weighted by Gasteiger charge is 2.30. The van der Waals surface area contributed by atoms with Crippen LogP contribution in [0.25, 0.3) is 0 Å². The van der Waals surface area contributed by atoms with Crippen LogP contribution < -0.4 is 5.32 Å². The van der Waals surface area contributed by atoms with E-state index in [4.69, 9.17) is 0 Å². The van der Waals surface area contributed by atoms with Crippen LogP contribution in [0.2, 0.25) is 0 Å². The first-order valence-electron chi connectivity index (χ1n) is 8.47. The lowest BCUT2D eigenvalue weighted by Crippen LogP contribution is -2.43. The number of hydrogen-bond donors (Lipinski definition) is 1. The Hall–Kier alpha value is -1.53. The molecule has 1 atom stereocenters. The summed E-state index contributed by atoms with van der Waals surface area (Å²) >= 11 is 1.55. The van der Waals surface area contributed by atoms with Gasteiger partial charge in [0.05, 0.1) is 11.8 Å². The Morgan fingerprint density at radius 1 is 1.29 bits per heavy atom. The second-order valence-electron chi connectivity index (χ2n) is 6.23. The van der Waals surface area contributed by atoms with E-state index in [1.807, 2.05) is 44.4 Å². The van der Waals surface area contributed by atoms with Crippen molar-refractivity contribution in [3.63, 3.8) is 0 Å². The molecule has 0 aromatic heterocycles. The van der Waals surface area contributed by atoms with Gasteiger partial charge in [-0.25, -0.2) is 0 Å². The number of likely N-dealkylation sites (N-methyl/N-ethyl adjacent to an activating group) is 1. The predicted octanol–water partition coefficient (Wildman–Crippen LogP) is 1.84. The maximum Gasteiger partial charge on any atom is 0.239 e. The number of hydrogen-bond acceptors (Lipinski definition) is 4. The Kier molecular flexibility index (Phi) is 7.59. The van der Waals surface area contributed by atoms with E-state index in [-0.39, 0.29) is 17.9 Å². The molecule has 24 heavy (non-hydrogen) atoms. The molecule has 1 fully saturated rings. The number of nitrogens with zero attached hydrogens (tertiary/aromatic N) is 2. The average molecular weight is 350 g/mol. The molecule has 1 aromatic carbocycles. The molecule has 0 saturated carbocycles. The lowest BCUT2D eigenvalue weighted by molar-refractivity contribution is -0.133. The fourth-order valence-electron chi connectivity index (χ4n) is 2.90. The molecule has 1 saturated heterocycles. The van der Waals surface area contributed by atoms with Gasteiger partial charge in [-0.2, -0.15) is 0 Å². The minimum Gasteiger partial charge on any atom is -0.355 e. The number of likely N-dealkylation sites (tertiary alicyclic amines) is 1. The van der Waals surface area contributed by atoms with Gasteiger partial charge in [-0.15, -0.1) is 11.8 Å². The second-order valence-corrected chi connectivity index (χ2v) is 7.28. The molecular weight excluding hydrogens is 322 g/mol. The van der Waals surface area contributed by atoms with Crippen molar-refractivity contribution in [2.24, 2.45) is 0 Å². The lowest BCUT2D eigenvalue weighted by atomic mass is 10.2. The summed E-state index contributed by atoms with van der Waals surface area (Å²) in [6, 6.07) is 9.95. The molecule has 2 rings (SSSR count). The molecule has 6 heteroatoms. The van der Waals surface area contributed by atoms with Gasteiger partial charge in [0.15, 0.2) is 0 Å². The second kappa shape index (κ2) is 9.69. The molecule has 2 amide bonds. The average Bonchev–Trinajstić information content (AvgIpc) is 3.05. The summed E-state index contributed by atoms with van der Waals surface area (Å²) in [6.45, 7) is 2.49. The van der Waals surface area contributed by atoms with Crippen LogP contribution in [-0.2, 0) is 9.59 Å². The number of thioether (sulfide) groups is 1. The van der Waals surface area contributed by atoms with Crippen molar-refractivity contribution >= 4 is 23.6 Å². The number of carbonyl (C=O) groups excluding carboxylic acids is 2. The number of amides is 2. The quantitative estimate of drug-likeness (QED) is 0.575. The number of benzene rings is 1. The van der Waals surface area contributed by atoms with Crippen LogP contribution in [0.3, 0.4) is 0 Å². The Labute approximate surface area is 148 Å². The molecule has 5 nitrogen and oxygen atoms in total. The van der Waals surface area contributed by atoms with Crippen LogP contribution in [-0.4, -0.2) is 67.1 Å². The Bertz CT molecular complexity index is 536. The summed E-state index contributed by atoms with van der Waals surface area (Å²) in [4.78, 5) is 29.0. The third kappa shape index (κ3) is 5.83. The number of rotatable bonds is 8. The lowest BCUT2D eigenvalue weighted by Gasteiger charge is -2.26. The monoisotopic (exact) mass is 349 g/mol. The van der Waals surface area contributed by atoms with Crippen LogP contribution in [0.5, 0.6) is 0 Å². The first kappa shape index (κ1) is 18.8. The third-order valence-corrected chi connectivity index (χ3v) is 5.16. The van der Waals surface area contributed by atoms with Crippen molar-refractivity contribution in [3.8, 4) is 0 Å². The number of carbonyl (C=O) groups is 2. The van der Waals surface area contributed by atoms with E-state index < -0.39 is 0 Å². The molecule has 1 N–H and O–H groups in total. The predicted molar refractivity (Wildman–Crippen MR) is 98.1 cm³/mol. The molecule has 1 heterocycles. The highest BCUT2D eigenvalue weighted by atomic mass is 32.2. The van der Waals surface area contributed by atoms with Gasteiger partial charge in [-0.3, -0.25) is 14.5 Å². The minimum absolute atomic E-state index is 0.0179. The van der Waals surface area contributed by atoms with E-state index >= 15 is 0 Å². The van der Waals surface area contributed by atoms with Crippen molar-refractivity contribution < 1.29 is 9.59 Å². The Balaban J connectivity index is 1.62. The first-order chi connectivity index (χ1) is 11.6. The van der Waals surface area contributed by atoms with E-state index in [0.29, 0.717) is 12.3 Å². The van der Waals surface area contributed by atoms with E-state index in [0.717, 1.165) is 37.2 Å². The zero-order valence-electron chi connectivity index (χ0n) is 14.5. The zero-order chi connectivity index (χ0) is 17.4. The van der Waals surface area contributed by atoms with Crippen LogP contribution in [0.15, 0.2) is 35.2 Å². The Morgan fingerprint density at radius 3 is 2.75 bits per heavy atom. The molecule has 1 aliphatic heterocycles. The SMILES string of the molecule is CN(C)C(=O)[C@H]1CCCN1CCCNC(=O)CSc1ccccc1. The van der Waals surface area contributed by atoms with Crippen LogP contribution in [0.1, 0.15) is 19.3 Å². The summed E-state index contributed by atoms with van der Waals surface area (Å²) in [7, 11) is 3.62. The molecule has 0 radical (unpaired) electrons. The molecule has 1 aliphatic rings. The van der Waals surface area contributed by atoms with Crippen molar-refractivity contribution in [1.29, 1.82) is 0 Å². The van der Waals surface area contributed by atoms with Gasteiger partial charge in [0, 0.05) is 32.1 Å². The van der Waals surface area contributed by atoms with Gasteiger partial charge in [0.25, 0.3) is 0 Å². The maximum atomic E-state index is 12.1. The molecule has 132 valence electrons. The third-order valence-electron chi connectivity index (χ3n) is 4.15. The largest absolute Gasteiger partial charge is 0.355 e. The maximum absolute atomic E-state index is 12.1. The van der Waals surface area contributed by atoms with E-state index in [9.17, 15) is 9.59 Å². The summed E-state index contributed by atoms with van der Waals surface area (Å²) in [6.07, 6.45) is 2.89. The van der Waals surface area contributed by atoms with Crippen LogP contribution in [0.4, 0.5) is 0 Å². The molecular formula is C18H27N3O2S. The molecule has 0 aliphatic carbocycles. The normalized spacial score (nSPS) is 17.7. The van der Waals surface area contributed by atoms with Gasteiger partial charge in [0.2, 0.25) is 11.8 Å². The van der Waals surface area contributed by atoms with Gasteiger partial charge >= 0.3 is 0 Å². The van der Waals surface area contributed by atoms with Gasteiger partial charge in [-0.05, 0) is 37.9 Å². The minimum atomic E-state index is 0.0179. The smallest absolute Gasteiger partial charge is 0.239 e. The topological polar surface area (TPSA) is 52.7 Å². The zero-order valence-corrected chi connectivity index (χ0v) is 15.3. The molecule has 0 bridgehead atoms. The summed E-state index contributed by atoms with van der Waals surface area (Å²) in [5.41, 5.74) is 0. The van der Waals surface area contributed by atoms with Crippen molar-refractivity contribution in [2.45, 2.75) is 30.2 Å². The first-order valence-corrected chi connectivity index (χ1v) is 9.46. The fraction of sp³-hybridized carbons (Fsp3) is 0.556. The van der Waals surface area contributed by atoms with Gasteiger partial charge in [0.1, 0.15) is 0 Å². The van der Waals surface area contributed by atoms with Crippen LogP contribution in [0, 0.1) is 0 Å². The van der Waals surface area contributed by atoms with E-state index in [2.05, 4.69) is 10.2 Å². The summed E-state index contributed by atoms with van der Waals surface area (Å²) in [5.74, 6) is 0.692. The van der Waals surface area contributed by atoms with Crippen molar-refractivity contribution in [1.82, 2.24) is 15.1 Å². The highest BCUT2D eigenvalue weighted by Crippen LogP contribution is 2.19. The molecule has 0 unspecified atom stereocenters. The van der Waals surface area contributed by atoms with Crippen LogP contribution >= 0.6 is 11.8 Å². The van der Waals surface area contributed by atoms with Crippen molar-refractivity contribution in [2.75, 3.05) is 39.5 Å². The summed E-state index contributed by atoms with van der Waals surface area (Å²) < 4.78 is 0. The van der Waals surface area contributed by atoms with E-state index in [1.165, 1.54) is 0 Å². The van der Waals surface area contributed by atoms with Crippen molar-refractivity contribution in [3.05, 3.63) is 30.3 Å². The Morgan fingerprint density at radius 2 is 2.04 bits per heavy atom. The van der Waals surface area contributed by atoms with E-state index in [1.54, 1.807) is 16.7 Å². The van der Waals surface area contributed by atoms with Gasteiger partial charge < -0.3 is 10.2 Å². The molecule has 1 aromatic rings. The summed E-state index contributed by atoms with van der Waals surface area (Å²) in [5, 5.41) is 2.96. The molecule has 0 spiro atoms.